The molecule has 7 nitrogen and oxygen atoms in total. The molecule has 8 heteroatoms. The van der Waals surface area contributed by atoms with Crippen molar-refractivity contribution < 1.29 is 9.18 Å². The van der Waals surface area contributed by atoms with E-state index in [1.165, 1.54) is 24.5 Å². The van der Waals surface area contributed by atoms with Crippen LogP contribution >= 0.6 is 0 Å². The van der Waals surface area contributed by atoms with E-state index in [9.17, 15) is 9.18 Å². The molecule has 0 fully saturated rings. The van der Waals surface area contributed by atoms with Crippen LogP contribution in [0.2, 0.25) is 0 Å². The van der Waals surface area contributed by atoms with E-state index in [2.05, 4.69) is 20.7 Å². The van der Waals surface area contributed by atoms with Gasteiger partial charge in [-0.2, -0.15) is 5.26 Å². The van der Waals surface area contributed by atoms with E-state index in [0.29, 0.717) is 5.82 Å². The lowest BCUT2D eigenvalue weighted by atomic mass is 10.2. The van der Waals surface area contributed by atoms with Crippen molar-refractivity contribution in [2.24, 2.45) is 5.84 Å². The quantitative estimate of drug-likeness (QED) is 0.567. The lowest BCUT2D eigenvalue weighted by Crippen LogP contribution is -2.16. The molecule has 0 atom stereocenters. The first-order chi connectivity index (χ1) is 9.65. The molecule has 0 aliphatic carbocycles. The van der Waals surface area contributed by atoms with Gasteiger partial charge in [-0.1, -0.05) is 6.07 Å². The Kier molecular flexibility index (Phi) is 3.83. The molecule has 1 aromatic heterocycles. The summed E-state index contributed by atoms with van der Waals surface area (Å²) in [5, 5.41) is 11.3. The molecule has 0 aliphatic rings. The van der Waals surface area contributed by atoms with Crippen molar-refractivity contribution in [3.05, 3.63) is 47.7 Å². The van der Waals surface area contributed by atoms with E-state index in [-0.39, 0.29) is 16.9 Å². The maximum atomic E-state index is 13.4. The molecule has 0 spiro atoms. The monoisotopic (exact) mass is 272 g/mol. The highest BCUT2D eigenvalue weighted by atomic mass is 19.1. The van der Waals surface area contributed by atoms with Crippen LogP contribution in [0.5, 0.6) is 0 Å². The molecule has 0 radical (unpaired) electrons. The number of nitriles is 1. The maximum absolute atomic E-state index is 13.4. The largest absolute Gasteiger partial charge is 0.319 e. The average Bonchev–Trinajstić information content (AvgIpc) is 2.47. The third kappa shape index (κ3) is 2.68. The number of carbonyl (C=O) groups is 1. The van der Waals surface area contributed by atoms with E-state index >= 15 is 0 Å². The average molecular weight is 272 g/mol. The van der Waals surface area contributed by atoms with Crippen LogP contribution in [0.25, 0.3) is 0 Å². The highest BCUT2D eigenvalue weighted by molar-refractivity contribution is 6.03. The van der Waals surface area contributed by atoms with Crippen LogP contribution < -0.4 is 16.6 Å². The van der Waals surface area contributed by atoms with E-state index in [1.807, 2.05) is 0 Å². The predicted molar refractivity (Wildman–Crippen MR) is 68.9 cm³/mol. The second-order valence-corrected chi connectivity index (χ2v) is 3.66. The Morgan fingerprint density at radius 1 is 1.35 bits per heavy atom. The number of amides is 1. The molecular formula is C12H9FN6O. The summed E-state index contributed by atoms with van der Waals surface area (Å²) < 4.78 is 13.4. The van der Waals surface area contributed by atoms with Crippen molar-refractivity contribution in [3.8, 4) is 6.07 Å². The maximum Gasteiger partial charge on any atom is 0.275 e. The van der Waals surface area contributed by atoms with Gasteiger partial charge in [0.1, 0.15) is 23.1 Å². The second kappa shape index (κ2) is 5.73. The van der Waals surface area contributed by atoms with Gasteiger partial charge in [-0.05, 0) is 12.1 Å². The summed E-state index contributed by atoms with van der Waals surface area (Å²) in [7, 11) is 0. The van der Waals surface area contributed by atoms with Gasteiger partial charge in [-0.3, -0.25) is 4.79 Å². The number of nitrogens with zero attached hydrogens (tertiary/aromatic N) is 3. The summed E-state index contributed by atoms with van der Waals surface area (Å²) >= 11 is 0. The van der Waals surface area contributed by atoms with Gasteiger partial charge >= 0.3 is 0 Å². The summed E-state index contributed by atoms with van der Waals surface area (Å²) in [6, 6.07) is 5.63. The molecule has 0 saturated carbocycles. The summed E-state index contributed by atoms with van der Waals surface area (Å²) in [6.45, 7) is 0. The topological polar surface area (TPSA) is 117 Å². The number of carbonyl (C=O) groups excluding carboxylic acids is 1. The number of hydrazine groups is 1. The second-order valence-electron chi connectivity index (χ2n) is 3.66. The number of aromatic nitrogens is 2. The first-order valence-corrected chi connectivity index (χ1v) is 5.44. The van der Waals surface area contributed by atoms with Gasteiger partial charge in [0.2, 0.25) is 0 Å². The normalized spacial score (nSPS) is 9.65. The predicted octanol–water partition coefficient (Wildman–Crippen LogP) is 1.03. The summed E-state index contributed by atoms with van der Waals surface area (Å²) in [4.78, 5) is 19.5. The van der Waals surface area contributed by atoms with Crippen LogP contribution in [0.15, 0.2) is 30.6 Å². The number of hydrogen-bond donors (Lipinski definition) is 3. The van der Waals surface area contributed by atoms with Crippen LogP contribution in [-0.4, -0.2) is 15.9 Å². The zero-order valence-electron chi connectivity index (χ0n) is 10.1. The molecule has 20 heavy (non-hydrogen) atoms. The van der Waals surface area contributed by atoms with Crippen LogP contribution in [0.3, 0.4) is 0 Å². The van der Waals surface area contributed by atoms with Gasteiger partial charge in [0.25, 0.3) is 5.91 Å². The van der Waals surface area contributed by atoms with Crippen molar-refractivity contribution in [1.29, 1.82) is 5.26 Å². The van der Waals surface area contributed by atoms with Gasteiger partial charge in [-0.25, -0.2) is 20.2 Å². The van der Waals surface area contributed by atoms with E-state index in [4.69, 9.17) is 11.1 Å². The molecule has 1 aromatic carbocycles. The number of anilines is 2. The molecule has 100 valence electrons. The summed E-state index contributed by atoms with van der Waals surface area (Å²) in [6.07, 6.45) is 2.47. The molecule has 1 amide bonds. The number of nitrogens with two attached hydrogens (primary N) is 1. The lowest BCUT2D eigenvalue weighted by Gasteiger charge is -2.07. The molecule has 0 bridgehead atoms. The SMILES string of the molecule is N#Cc1c(F)cccc1NC(=O)c1cnc(NN)cn1. The molecule has 0 aliphatic heterocycles. The Bertz CT molecular complexity index is 679. The standard InChI is InChI=1S/C12H9FN6O/c13-8-2-1-3-9(7(8)4-14)18-12(20)10-5-17-11(19-15)6-16-10/h1-3,5-6H,15H2,(H,17,19)(H,18,20). The Morgan fingerprint density at radius 2 is 2.15 bits per heavy atom. The van der Waals surface area contributed by atoms with Crippen molar-refractivity contribution >= 4 is 17.4 Å². The fraction of sp³-hybridized carbons (Fsp3) is 0. The zero-order chi connectivity index (χ0) is 14.5. The third-order valence-electron chi connectivity index (χ3n) is 2.41. The smallest absolute Gasteiger partial charge is 0.275 e. The van der Waals surface area contributed by atoms with Crippen LogP contribution in [0, 0.1) is 17.1 Å². The number of nitrogens with one attached hydrogen (secondary N) is 2. The van der Waals surface area contributed by atoms with Crippen molar-refractivity contribution in [3.63, 3.8) is 0 Å². The molecule has 4 N–H and O–H groups in total. The number of nitrogen functional groups attached to an aromatic ring is 1. The third-order valence-corrected chi connectivity index (χ3v) is 2.41. The minimum Gasteiger partial charge on any atom is -0.319 e. The Morgan fingerprint density at radius 3 is 2.75 bits per heavy atom. The minimum absolute atomic E-state index is 0.0113. The fourth-order valence-electron chi connectivity index (χ4n) is 1.45. The molecule has 0 saturated heterocycles. The fourth-order valence-corrected chi connectivity index (χ4v) is 1.45. The first-order valence-electron chi connectivity index (χ1n) is 5.44. The summed E-state index contributed by atoms with van der Waals surface area (Å²) in [5.74, 6) is 4.10. The lowest BCUT2D eigenvalue weighted by molar-refractivity contribution is 0.102. The Balaban J connectivity index is 2.23. The van der Waals surface area contributed by atoms with Gasteiger partial charge < -0.3 is 10.7 Å². The van der Waals surface area contributed by atoms with Gasteiger partial charge in [0, 0.05) is 0 Å². The molecule has 2 aromatic rings. The molecule has 1 heterocycles. The van der Waals surface area contributed by atoms with E-state index < -0.39 is 11.7 Å². The van der Waals surface area contributed by atoms with Gasteiger partial charge in [0.05, 0.1) is 18.1 Å². The highest BCUT2D eigenvalue weighted by Crippen LogP contribution is 2.18. The zero-order valence-corrected chi connectivity index (χ0v) is 10.1. The van der Waals surface area contributed by atoms with E-state index in [1.54, 1.807) is 6.07 Å². The number of benzene rings is 1. The van der Waals surface area contributed by atoms with Crippen molar-refractivity contribution in [2.75, 3.05) is 10.7 Å². The minimum atomic E-state index is -0.709. The van der Waals surface area contributed by atoms with Crippen molar-refractivity contribution in [2.45, 2.75) is 0 Å². The summed E-state index contributed by atoms with van der Waals surface area (Å²) in [5.41, 5.74) is 2.11. The Hall–Kier alpha value is -3.05. The van der Waals surface area contributed by atoms with E-state index in [0.717, 1.165) is 6.07 Å². The number of hydrogen-bond acceptors (Lipinski definition) is 6. The van der Waals surface area contributed by atoms with Crippen LogP contribution in [0.4, 0.5) is 15.9 Å². The van der Waals surface area contributed by atoms with Gasteiger partial charge in [0.15, 0.2) is 5.82 Å². The van der Waals surface area contributed by atoms with Gasteiger partial charge in [-0.15, -0.1) is 0 Å². The molecule has 2 rings (SSSR count). The first kappa shape index (κ1) is 13.4. The molecular weight excluding hydrogens is 263 g/mol. The van der Waals surface area contributed by atoms with Crippen molar-refractivity contribution in [1.82, 2.24) is 9.97 Å². The number of halogens is 1. The number of rotatable bonds is 3. The molecule has 0 unspecified atom stereocenters. The van der Waals surface area contributed by atoms with Crippen LogP contribution in [0.1, 0.15) is 16.1 Å². The Labute approximate surface area is 113 Å². The van der Waals surface area contributed by atoms with Crippen LogP contribution in [-0.2, 0) is 0 Å². The highest BCUT2D eigenvalue weighted by Gasteiger charge is 2.13.